The molecule has 0 bridgehead atoms. The Morgan fingerprint density at radius 3 is 2.14 bits per heavy atom. The van der Waals surface area contributed by atoms with Gasteiger partial charge < -0.3 is 14.1 Å². The zero-order chi connectivity index (χ0) is 38.6. The van der Waals surface area contributed by atoms with Gasteiger partial charge in [-0.3, -0.25) is 0 Å². The Hall–Kier alpha value is -6.08. The van der Waals surface area contributed by atoms with Crippen LogP contribution < -0.4 is 57.1 Å². The van der Waals surface area contributed by atoms with Crippen molar-refractivity contribution in [1.82, 2.24) is 0 Å². The Kier molecular flexibility index (Phi) is 7.45. The SMILES string of the molecule is C[Si]1(C)c2cc(N3C4=C(CCCC4)Oc4ccccc43)ccc2B2c3cc(-c4coc5ccccc45)ccc3[Si](c3ccccc3)(c3ccccc3)c3cccc1c32. The van der Waals surface area contributed by atoms with Crippen LogP contribution in [0.2, 0.25) is 13.1 Å². The van der Waals surface area contributed by atoms with Gasteiger partial charge in [0, 0.05) is 23.1 Å². The maximum Gasteiger partial charge on any atom is 0.240 e. The van der Waals surface area contributed by atoms with Crippen molar-refractivity contribution >= 4 is 92.7 Å². The average Bonchev–Trinajstić information content (AvgIpc) is 3.72. The number of hydrogen-bond acceptors (Lipinski definition) is 3. The number of ether oxygens (including phenoxy) is 1. The van der Waals surface area contributed by atoms with Crippen LogP contribution in [0, 0.1) is 0 Å². The zero-order valence-corrected chi connectivity index (χ0v) is 34.8. The van der Waals surface area contributed by atoms with Crippen molar-refractivity contribution in [2.24, 2.45) is 0 Å². The summed E-state index contributed by atoms with van der Waals surface area (Å²) < 4.78 is 12.8. The van der Waals surface area contributed by atoms with Gasteiger partial charge in [0.2, 0.25) is 6.71 Å². The molecule has 7 aromatic carbocycles. The van der Waals surface area contributed by atoms with E-state index in [1.165, 1.54) is 66.6 Å². The molecule has 0 atom stereocenters. The predicted molar refractivity (Wildman–Crippen MR) is 248 cm³/mol. The first kappa shape index (κ1) is 34.0. The molecule has 278 valence electrons. The first-order valence-electron chi connectivity index (χ1n) is 20.8. The van der Waals surface area contributed by atoms with E-state index in [4.69, 9.17) is 9.15 Å². The number of para-hydroxylation sites is 3. The second-order valence-electron chi connectivity index (χ2n) is 17.0. The van der Waals surface area contributed by atoms with E-state index >= 15 is 0 Å². The molecule has 3 nitrogen and oxygen atoms in total. The highest BCUT2D eigenvalue weighted by molar-refractivity contribution is 7.28. The molecule has 0 fully saturated rings. The molecule has 8 aromatic rings. The fourth-order valence-electron chi connectivity index (χ4n) is 11.2. The lowest BCUT2D eigenvalue weighted by Crippen LogP contribution is -2.91. The molecule has 0 amide bonds. The molecule has 4 aliphatic rings. The van der Waals surface area contributed by atoms with Gasteiger partial charge in [0.05, 0.1) is 17.6 Å². The summed E-state index contributed by atoms with van der Waals surface area (Å²) in [5.41, 5.74) is 11.4. The van der Waals surface area contributed by atoms with Crippen LogP contribution in [0.15, 0.2) is 186 Å². The summed E-state index contributed by atoms with van der Waals surface area (Å²) >= 11 is 0. The molecule has 0 saturated heterocycles. The van der Waals surface area contributed by atoms with Crippen molar-refractivity contribution in [2.45, 2.75) is 38.8 Å². The molecular formula is C52H42BNO2Si2. The number of allylic oxidation sites excluding steroid dienone is 2. The smallest absolute Gasteiger partial charge is 0.240 e. The van der Waals surface area contributed by atoms with Crippen LogP contribution in [0.3, 0.4) is 0 Å². The lowest BCUT2D eigenvalue weighted by molar-refractivity contribution is 0.363. The minimum absolute atomic E-state index is 0.0957. The van der Waals surface area contributed by atoms with Crippen LogP contribution in [-0.4, -0.2) is 22.9 Å². The van der Waals surface area contributed by atoms with Gasteiger partial charge in [-0.05, 0) is 75.9 Å². The Morgan fingerprint density at radius 2 is 1.31 bits per heavy atom. The summed E-state index contributed by atoms with van der Waals surface area (Å²) in [6, 6.07) is 62.3. The molecule has 0 radical (unpaired) electrons. The van der Waals surface area contributed by atoms with E-state index in [2.05, 4.69) is 182 Å². The number of nitrogens with zero attached hydrogens (tertiary/aromatic N) is 1. The maximum atomic E-state index is 6.59. The van der Waals surface area contributed by atoms with Gasteiger partial charge in [-0.25, -0.2) is 0 Å². The second kappa shape index (κ2) is 12.7. The molecule has 0 unspecified atom stereocenters. The third-order valence-corrected chi connectivity index (χ3v) is 22.2. The number of hydrogen-bond donors (Lipinski definition) is 0. The largest absolute Gasteiger partial charge is 0.464 e. The first-order valence-corrected chi connectivity index (χ1v) is 25.8. The van der Waals surface area contributed by atoms with E-state index in [0.717, 1.165) is 46.6 Å². The summed E-state index contributed by atoms with van der Waals surface area (Å²) in [7, 11) is -5.08. The number of benzene rings is 7. The lowest BCUT2D eigenvalue weighted by atomic mass is 9.36. The topological polar surface area (TPSA) is 25.6 Å². The van der Waals surface area contributed by atoms with Crippen molar-refractivity contribution in [3.05, 3.63) is 182 Å². The minimum atomic E-state index is -2.80. The molecule has 0 spiro atoms. The Morgan fingerprint density at radius 1 is 0.586 bits per heavy atom. The summed E-state index contributed by atoms with van der Waals surface area (Å²) in [5, 5.41) is 10.1. The molecule has 0 saturated carbocycles. The predicted octanol–water partition coefficient (Wildman–Crippen LogP) is 6.76. The number of fused-ring (bicyclic) bond motifs is 6. The van der Waals surface area contributed by atoms with Crippen molar-refractivity contribution < 1.29 is 9.15 Å². The van der Waals surface area contributed by atoms with Crippen molar-refractivity contribution in [2.75, 3.05) is 4.90 Å². The van der Waals surface area contributed by atoms with E-state index in [1.54, 1.807) is 10.6 Å². The van der Waals surface area contributed by atoms with E-state index in [-0.39, 0.29) is 6.71 Å². The Labute approximate surface area is 342 Å². The van der Waals surface area contributed by atoms with Crippen LogP contribution >= 0.6 is 0 Å². The van der Waals surface area contributed by atoms with Crippen LogP contribution in [0.25, 0.3) is 22.1 Å². The molecule has 12 rings (SSSR count). The third-order valence-electron chi connectivity index (χ3n) is 13.7. The summed E-state index contributed by atoms with van der Waals surface area (Å²) in [5.74, 6) is 2.09. The second-order valence-corrected chi connectivity index (χ2v) is 25.1. The van der Waals surface area contributed by atoms with Crippen molar-refractivity contribution in [3.8, 4) is 16.9 Å². The van der Waals surface area contributed by atoms with Gasteiger partial charge >= 0.3 is 0 Å². The van der Waals surface area contributed by atoms with Crippen LogP contribution in [0.4, 0.5) is 11.4 Å². The minimum Gasteiger partial charge on any atom is -0.464 e. The number of furan rings is 1. The molecular weight excluding hydrogens is 738 g/mol. The van der Waals surface area contributed by atoms with Gasteiger partial charge in [-0.2, -0.15) is 0 Å². The van der Waals surface area contributed by atoms with Crippen LogP contribution in [0.5, 0.6) is 5.75 Å². The van der Waals surface area contributed by atoms with Crippen LogP contribution in [0.1, 0.15) is 25.7 Å². The van der Waals surface area contributed by atoms with Gasteiger partial charge in [-0.15, -0.1) is 0 Å². The average molecular weight is 780 g/mol. The summed E-state index contributed by atoms with van der Waals surface area (Å²) in [6.45, 7) is 5.29. The van der Waals surface area contributed by atoms with Gasteiger partial charge in [-0.1, -0.05) is 173 Å². The highest BCUT2D eigenvalue weighted by Crippen LogP contribution is 2.46. The van der Waals surface area contributed by atoms with Gasteiger partial charge in [0.15, 0.2) is 13.8 Å². The Bertz CT molecular complexity index is 2950. The standard InChI is InChI=1S/C52H42BNO2Si2/c1-57(2)49-26-15-27-50-52(49)53(41-30-29-36(33-51(41)57)54-43-21-10-13-24-46(43)56-47-25-14-11-22-44(47)54)42-32-35(40-34-55-45-23-12-9-20-39(40)45)28-31-48(42)58(50,37-16-5-3-6-17-37)38-18-7-4-8-19-38/h3-10,12-13,15-21,23-24,26-34H,11,14,22,25H2,1-2H3. The molecule has 1 aliphatic carbocycles. The Balaban J connectivity index is 1.15. The molecule has 3 aliphatic heterocycles. The highest BCUT2D eigenvalue weighted by Gasteiger charge is 2.54. The van der Waals surface area contributed by atoms with Crippen molar-refractivity contribution in [1.29, 1.82) is 0 Å². The molecule has 0 N–H and O–H groups in total. The van der Waals surface area contributed by atoms with Gasteiger partial charge in [0.1, 0.15) is 19.4 Å². The quantitative estimate of drug-likeness (QED) is 0.185. The van der Waals surface area contributed by atoms with E-state index in [1.807, 2.05) is 6.26 Å². The molecule has 6 heteroatoms. The zero-order valence-electron chi connectivity index (χ0n) is 32.8. The fourth-order valence-corrected chi connectivity index (χ4v) is 19.8. The number of anilines is 2. The normalized spacial score (nSPS) is 16.8. The van der Waals surface area contributed by atoms with Crippen molar-refractivity contribution in [3.63, 3.8) is 0 Å². The summed E-state index contributed by atoms with van der Waals surface area (Å²) in [6.07, 6.45) is 6.33. The first-order chi connectivity index (χ1) is 28.5. The van der Waals surface area contributed by atoms with Crippen LogP contribution in [-0.2, 0) is 0 Å². The molecule has 1 aromatic heterocycles. The lowest BCUT2D eigenvalue weighted by Gasteiger charge is -2.48. The fraction of sp³-hybridized carbons (Fsp3) is 0.115. The van der Waals surface area contributed by atoms with Gasteiger partial charge in [0.25, 0.3) is 0 Å². The maximum absolute atomic E-state index is 6.59. The monoisotopic (exact) mass is 779 g/mol. The third kappa shape index (κ3) is 4.67. The van der Waals surface area contributed by atoms with E-state index in [9.17, 15) is 0 Å². The molecule has 58 heavy (non-hydrogen) atoms. The highest BCUT2D eigenvalue weighted by atomic mass is 28.3. The van der Waals surface area contributed by atoms with E-state index in [0.29, 0.717) is 0 Å². The number of rotatable bonds is 4. The van der Waals surface area contributed by atoms with E-state index < -0.39 is 16.1 Å². The molecule has 4 heterocycles. The summed E-state index contributed by atoms with van der Waals surface area (Å²) in [4.78, 5) is 2.53.